The van der Waals surface area contributed by atoms with Gasteiger partial charge >= 0.3 is 0 Å². The zero-order valence-electron chi connectivity index (χ0n) is 9.92. The highest BCUT2D eigenvalue weighted by atomic mass is 35.5. The van der Waals surface area contributed by atoms with Crippen molar-refractivity contribution < 1.29 is 9.90 Å². The molecule has 2 aliphatic heterocycles. The lowest BCUT2D eigenvalue weighted by Crippen LogP contribution is -2.48. The van der Waals surface area contributed by atoms with Crippen molar-refractivity contribution in [3.8, 4) is 0 Å². The number of aromatic nitrogens is 1. The van der Waals surface area contributed by atoms with Crippen molar-refractivity contribution in [1.82, 2.24) is 9.88 Å². The van der Waals surface area contributed by atoms with E-state index < -0.39 is 0 Å². The van der Waals surface area contributed by atoms with E-state index in [1.807, 2.05) is 4.90 Å². The van der Waals surface area contributed by atoms with E-state index in [1.54, 1.807) is 18.3 Å². The highest BCUT2D eigenvalue weighted by Gasteiger charge is 2.43. The Balaban J connectivity index is 1.88. The first-order valence-electron chi connectivity index (χ1n) is 6.28. The van der Waals surface area contributed by atoms with E-state index >= 15 is 0 Å². The molecule has 1 amide bonds. The van der Waals surface area contributed by atoms with Crippen molar-refractivity contribution >= 4 is 17.5 Å². The number of halogens is 1. The molecule has 2 fully saturated rings. The number of fused-ring (bicyclic) bond motifs is 2. The predicted octanol–water partition coefficient (Wildman–Crippen LogP) is 1.86. The maximum Gasteiger partial charge on any atom is 0.257 e. The summed E-state index contributed by atoms with van der Waals surface area (Å²) in [7, 11) is 0. The third-order valence-corrected chi connectivity index (χ3v) is 4.23. The molecule has 0 aliphatic carbocycles. The second kappa shape index (κ2) is 4.52. The van der Waals surface area contributed by atoms with Crippen molar-refractivity contribution in [1.29, 1.82) is 0 Å². The number of pyridine rings is 1. The maximum absolute atomic E-state index is 12.5. The van der Waals surface area contributed by atoms with Crippen molar-refractivity contribution in [3.63, 3.8) is 0 Å². The molecule has 1 aromatic heterocycles. The van der Waals surface area contributed by atoms with Crippen LogP contribution in [0.2, 0.25) is 5.15 Å². The highest BCUT2D eigenvalue weighted by Crippen LogP contribution is 2.37. The smallest absolute Gasteiger partial charge is 0.257 e. The number of hydrogen-bond donors (Lipinski definition) is 1. The molecule has 3 rings (SSSR count). The molecule has 0 spiro atoms. The molecule has 2 bridgehead atoms. The van der Waals surface area contributed by atoms with Gasteiger partial charge in [-0.15, -0.1) is 0 Å². The average Bonchev–Trinajstić information content (AvgIpc) is 2.61. The first-order chi connectivity index (χ1) is 8.66. The zero-order chi connectivity index (χ0) is 12.7. The molecule has 96 valence electrons. The fraction of sp³-hybridized carbons (Fsp3) is 0.538. The first kappa shape index (κ1) is 11.9. The van der Waals surface area contributed by atoms with Crippen molar-refractivity contribution in [2.45, 2.75) is 43.9 Å². The van der Waals surface area contributed by atoms with Crippen LogP contribution in [-0.4, -0.2) is 39.1 Å². The Hall–Kier alpha value is -1.13. The number of piperidine rings is 1. The average molecular weight is 267 g/mol. The number of carbonyl (C=O) groups excluding carboxylic acids is 1. The summed E-state index contributed by atoms with van der Waals surface area (Å²) in [5, 5.41) is 10.00. The molecule has 18 heavy (non-hydrogen) atoms. The molecular weight excluding hydrogens is 252 g/mol. The predicted molar refractivity (Wildman–Crippen MR) is 67.5 cm³/mol. The Labute approximate surface area is 111 Å². The van der Waals surface area contributed by atoms with Crippen LogP contribution < -0.4 is 0 Å². The molecule has 0 saturated carbocycles. The molecule has 0 aromatic carbocycles. The molecular formula is C13H15ClN2O2. The van der Waals surface area contributed by atoms with Gasteiger partial charge in [0.25, 0.3) is 5.91 Å². The Bertz CT molecular complexity index is 466. The fourth-order valence-electron chi connectivity index (χ4n) is 3.16. The van der Waals surface area contributed by atoms with Crippen LogP contribution in [0.15, 0.2) is 18.3 Å². The lowest BCUT2D eigenvalue weighted by atomic mass is 9.99. The van der Waals surface area contributed by atoms with E-state index in [0.29, 0.717) is 18.4 Å². The van der Waals surface area contributed by atoms with Crippen LogP contribution in [0.5, 0.6) is 0 Å². The summed E-state index contributed by atoms with van der Waals surface area (Å²) in [5.74, 6) is -0.0486. The zero-order valence-corrected chi connectivity index (χ0v) is 10.7. The molecule has 2 saturated heterocycles. The number of aliphatic hydroxyl groups excluding tert-OH is 1. The summed E-state index contributed by atoms with van der Waals surface area (Å²) >= 11 is 5.97. The Morgan fingerprint density at radius 3 is 2.67 bits per heavy atom. The number of aliphatic hydroxyl groups is 1. The van der Waals surface area contributed by atoms with Gasteiger partial charge in [0.05, 0.1) is 11.7 Å². The standard InChI is InChI=1S/C13H15ClN2O2/c14-12-11(2-1-5-15-12)13(18)16-8-3-4-9(16)7-10(17)6-8/h1-2,5,8-10,17H,3-4,6-7H2. The van der Waals surface area contributed by atoms with Gasteiger partial charge in [0.2, 0.25) is 0 Å². The lowest BCUT2D eigenvalue weighted by molar-refractivity contribution is 0.0287. The summed E-state index contributed by atoms with van der Waals surface area (Å²) in [5.41, 5.74) is 0.465. The first-order valence-corrected chi connectivity index (χ1v) is 6.66. The normalized spacial score (nSPS) is 30.6. The Kier molecular flexibility index (Phi) is 2.99. The SMILES string of the molecule is O=C(c1cccnc1Cl)N1C2CCC1CC(O)C2. The van der Waals surface area contributed by atoms with Crippen LogP contribution in [0.3, 0.4) is 0 Å². The quantitative estimate of drug-likeness (QED) is 0.790. The van der Waals surface area contributed by atoms with Gasteiger partial charge in [-0.2, -0.15) is 0 Å². The van der Waals surface area contributed by atoms with Crippen molar-refractivity contribution in [2.75, 3.05) is 0 Å². The molecule has 2 unspecified atom stereocenters. The second-order valence-electron chi connectivity index (χ2n) is 5.06. The van der Waals surface area contributed by atoms with Crippen LogP contribution >= 0.6 is 11.6 Å². The van der Waals surface area contributed by atoms with E-state index in [1.165, 1.54) is 0 Å². The van der Waals surface area contributed by atoms with Crippen molar-refractivity contribution in [2.24, 2.45) is 0 Å². The molecule has 0 radical (unpaired) electrons. The monoisotopic (exact) mass is 266 g/mol. The van der Waals surface area contributed by atoms with Crippen LogP contribution in [0.1, 0.15) is 36.0 Å². The summed E-state index contributed by atoms with van der Waals surface area (Å²) in [6, 6.07) is 3.74. The molecule has 3 heterocycles. The third-order valence-electron chi connectivity index (χ3n) is 3.93. The van der Waals surface area contributed by atoms with Gasteiger partial charge in [-0.25, -0.2) is 4.98 Å². The van der Waals surface area contributed by atoms with Crippen LogP contribution in [0.4, 0.5) is 0 Å². The highest BCUT2D eigenvalue weighted by molar-refractivity contribution is 6.32. The van der Waals surface area contributed by atoms with E-state index in [4.69, 9.17) is 11.6 Å². The summed E-state index contributed by atoms with van der Waals surface area (Å²) in [6.07, 6.45) is 4.63. The third kappa shape index (κ3) is 1.89. The molecule has 4 nitrogen and oxygen atoms in total. The number of carbonyl (C=O) groups is 1. The van der Waals surface area contributed by atoms with E-state index in [-0.39, 0.29) is 29.2 Å². The number of nitrogens with zero attached hydrogens (tertiary/aromatic N) is 2. The summed E-state index contributed by atoms with van der Waals surface area (Å²) in [4.78, 5) is 18.4. The van der Waals surface area contributed by atoms with Gasteiger partial charge in [0.15, 0.2) is 0 Å². The lowest BCUT2D eigenvalue weighted by Gasteiger charge is -2.37. The van der Waals surface area contributed by atoms with Gasteiger partial charge in [-0.1, -0.05) is 11.6 Å². The molecule has 1 N–H and O–H groups in total. The minimum atomic E-state index is -0.268. The topological polar surface area (TPSA) is 53.4 Å². The fourth-order valence-corrected chi connectivity index (χ4v) is 3.36. The van der Waals surface area contributed by atoms with Gasteiger partial charge in [-0.05, 0) is 37.8 Å². The van der Waals surface area contributed by atoms with Gasteiger partial charge in [-0.3, -0.25) is 4.79 Å². The van der Waals surface area contributed by atoms with Gasteiger partial charge in [0.1, 0.15) is 5.15 Å². The number of rotatable bonds is 1. The van der Waals surface area contributed by atoms with Crippen molar-refractivity contribution in [3.05, 3.63) is 29.0 Å². The number of amides is 1. The maximum atomic E-state index is 12.5. The largest absolute Gasteiger partial charge is 0.393 e. The molecule has 2 atom stereocenters. The minimum absolute atomic E-state index is 0.0486. The Morgan fingerprint density at radius 1 is 1.39 bits per heavy atom. The number of hydrogen-bond acceptors (Lipinski definition) is 3. The van der Waals surface area contributed by atoms with E-state index in [2.05, 4.69) is 4.98 Å². The van der Waals surface area contributed by atoms with E-state index in [0.717, 1.165) is 12.8 Å². The van der Waals surface area contributed by atoms with Gasteiger partial charge < -0.3 is 10.0 Å². The van der Waals surface area contributed by atoms with E-state index in [9.17, 15) is 9.90 Å². The summed E-state index contributed by atoms with van der Waals surface area (Å²) < 4.78 is 0. The van der Waals surface area contributed by atoms with Crippen LogP contribution in [0.25, 0.3) is 0 Å². The van der Waals surface area contributed by atoms with Gasteiger partial charge in [0, 0.05) is 18.3 Å². The Morgan fingerprint density at radius 2 is 2.06 bits per heavy atom. The molecule has 2 aliphatic rings. The summed E-state index contributed by atoms with van der Waals surface area (Å²) in [6.45, 7) is 0. The van der Waals surface area contributed by atoms with Crippen LogP contribution in [0, 0.1) is 0 Å². The molecule has 5 heteroatoms. The second-order valence-corrected chi connectivity index (χ2v) is 5.42. The minimum Gasteiger partial charge on any atom is -0.393 e. The van der Waals surface area contributed by atoms with Crippen LogP contribution in [-0.2, 0) is 0 Å². The molecule has 1 aromatic rings.